The van der Waals surface area contributed by atoms with E-state index in [4.69, 9.17) is 0 Å². The summed E-state index contributed by atoms with van der Waals surface area (Å²) in [5.74, 6) is -1.02. The van der Waals surface area contributed by atoms with Crippen molar-refractivity contribution in [3.05, 3.63) is 52.2 Å². The van der Waals surface area contributed by atoms with E-state index in [1.54, 1.807) is 29.0 Å². The second kappa shape index (κ2) is 8.98. The van der Waals surface area contributed by atoms with Gasteiger partial charge in [-0.25, -0.2) is 0 Å². The third-order valence-electron chi connectivity index (χ3n) is 6.03. The molecule has 0 radical (unpaired) electrons. The van der Waals surface area contributed by atoms with Crippen LogP contribution in [0.4, 0.5) is 13.2 Å². The Morgan fingerprint density at radius 3 is 2.40 bits per heavy atom. The van der Waals surface area contributed by atoms with Gasteiger partial charge in [-0.05, 0) is 73.4 Å². The number of alkyl halides is 3. The van der Waals surface area contributed by atoms with Crippen molar-refractivity contribution in [2.75, 3.05) is 20.6 Å². The third kappa shape index (κ3) is 5.16. The minimum absolute atomic E-state index is 0.0180. The van der Waals surface area contributed by atoms with E-state index in [9.17, 15) is 23.1 Å². The summed E-state index contributed by atoms with van der Waals surface area (Å²) in [6.45, 7) is 0.335. The molecule has 1 aromatic heterocycles. The largest absolute Gasteiger partial charge is 0.508 e. The number of likely N-dealkylation sites (N-methyl/N-ethyl adjacent to an activating group) is 1. The summed E-state index contributed by atoms with van der Waals surface area (Å²) in [4.78, 5) is 14.6. The van der Waals surface area contributed by atoms with Crippen molar-refractivity contribution in [2.24, 2.45) is 5.41 Å². The monoisotopic (exact) mass is 440 g/mol. The highest BCUT2D eigenvalue weighted by Crippen LogP contribution is 2.66. The van der Waals surface area contributed by atoms with E-state index in [-0.39, 0.29) is 37.0 Å². The van der Waals surface area contributed by atoms with Gasteiger partial charge in [0.15, 0.2) is 0 Å². The molecule has 2 atom stereocenters. The first-order valence-corrected chi connectivity index (χ1v) is 10.9. The van der Waals surface area contributed by atoms with Gasteiger partial charge in [0.05, 0.1) is 5.41 Å². The van der Waals surface area contributed by atoms with Gasteiger partial charge in [0, 0.05) is 24.9 Å². The highest BCUT2D eigenvalue weighted by Gasteiger charge is 2.67. The Bertz CT molecular complexity index is 831. The Labute approximate surface area is 178 Å². The number of phenols is 1. The molecular formula is C22H27F3N2O2S. The first kappa shape index (κ1) is 22.6. The van der Waals surface area contributed by atoms with Crippen LogP contribution in [0.5, 0.6) is 5.75 Å². The maximum atomic E-state index is 13.7. The fraction of sp³-hybridized carbons (Fsp3) is 0.500. The average Bonchev–Trinajstić information content (AvgIpc) is 3.32. The van der Waals surface area contributed by atoms with Crippen LogP contribution in [0.3, 0.4) is 0 Å². The lowest BCUT2D eigenvalue weighted by Gasteiger charge is -2.29. The fourth-order valence-corrected chi connectivity index (χ4v) is 4.61. The Morgan fingerprint density at radius 1 is 1.23 bits per heavy atom. The maximum Gasteiger partial charge on any atom is 0.395 e. The molecule has 0 bridgehead atoms. The van der Waals surface area contributed by atoms with Gasteiger partial charge in [-0.15, -0.1) is 0 Å². The van der Waals surface area contributed by atoms with E-state index in [1.165, 1.54) is 11.3 Å². The van der Waals surface area contributed by atoms with Crippen LogP contribution < -0.4 is 5.32 Å². The Hall–Kier alpha value is -2.06. The van der Waals surface area contributed by atoms with Gasteiger partial charge in [-0.3, -0.25) is 4.79 Å². The number of nitrogens with zero attached hydrogens (tertiary/aromatic N) is 1. The van der Waals surface area contributed by atoms with Gasteiger partial charge in [0.25, 0.3) is 0 Å². The molecule has 0 unspecified atom stereocenters. The molecule has 2 N–H and O–H groups in total. The molecule has 1 aromatic carbocycles. The molecule has 30 heavy (non-hydrogen) atoms. The molecule has 0 saturated heterocycles. The number of carbonyl (C=O) groups is 1. The number of hydrogen-bond donors (Lipinski definition) is 2. The molecule has 1 aliphatic rings. The third-order valence-corrected chi connectivity index (χ3v) is 6.73. The standard InChI is InChI=1S/C22H27F3N2O2S/c1-27(2)17(11-15-3-5-18(28)6-4-15)13-26-20(29)12-19(16-7-10-30-14-16)21(8-9-21)22(23,24)25/h3-7,10,14,17,19,28H,8-9,11-13H2,1-2H3,(H,26,29)/t17-,19+/m0/s1. The molecule has 164 valence electrons. The molecule has 2 aromatic rings. The number of halogens is 3. The summed E-state index contributed by atoms with van der Waals surface area (Å²) in [5, 5.41) is 15.7. The molecule has 8 heteroatoms. The lowest BCUT2D eigenvalue weighted by molar-refractivity contribution is -0.194. The van der Waals surface area contributed by atoms with Gasteiger partial charge in [0.1, 0.15) is 5.75 Å². The summed E-state index contributed by atoms with van der Waals surface area (Å²) in [6, 6.07) is 8.54. The molecule has 0 aliphatic heterocycles. The van der Waals surface area contributed by atoms with Crippen LogP contribution in [-0.4, -0.2) is 48.8 Å². The summed E-state index contributed by atoms with van der Waals surface area (Å²) in [7, 11) is 3.79. The maximum absolute atomic E-state index is 13.7. The first-order valence-electron chi connectivity index (χ1n) is 9.92. The number of nitrogens with one attached hydrogen (secondary N) is 1. The molecule has 3 rings (SSSR count). The van der Waals surface area contributed by atoms with Gasteiger partial charge in [0.2, 0.25) is 5.91 Å². The van der Waals surface area contributed by atoms with Crippen molar-refractivity contribution in [3.8, 4) is 5.75 Å². The zero-order valence-electron chi connectivity index (χ0n) is 17.1. The van der Waals surface area contributed by atoms with Crippen LogP contribution in [-0.2, 0) is 11.2 Å². The number of amides is 1. The summed E-state index contributed by atoms with van der Waals surface area (Å²) < 4.78 is 41.2. The Morgan fingerprint density at radius 2 is 1.90 bits per heavy atom. The number of rotatable bonds is 9. The number of hydrogen-bond acceptors (Lipinski definition) is 4. The fourth-order valence-electron chi connectivity index (χ4n) is 3.90. The summed E-state index contributed by atoms with van der Waals surface area (Å²) in [5.41, 5.74) is -0.178. The second-order valence-electron chi connectivity index (χ2n) is 8.26. The Balaban J connectivity index is 1.64. The molecule has 0 spiro atoms. The van der Waals surface area contributed by atoms with Crippen LogP contribution in [0.15, 0.2) is 41.1 Å². The number of benzene rings is 1. The van der Waals surface area contributed by atoms with Crippen molar-refractivity contribution in [1.29, 1.82) is 0 Å². The van der Waals surface area contributed by atoms with Crippen LogP contribution in [0, 0.1) is 5.41 Å². The van der Waals surface area contributed by atoms with Crippen molar-refractivity contribution >= 4 is 17.2 Å². The number of aromatic hydroxyl groups is 1. The lowest BCUT2D eigenvalue weighted by Crippen LogP contribution is -2.42. The van der Waals surface area contributed by atoms with E-state index in [2.05, 4.69) is 5.32 Å². The zero-order valence-corrected chi connectivity index (χ0v) is 17.9. The predicted octanol–water partition coefficient (Wildman–Crippen LogP) is 4.56. The van der Waals surface area contributed by atoms with Gasteiger partial charge < -0.3 is 15.3 Å². The topological polar surface area (TPSA) is 52.6 Å². The minimum Gasteiger partial charge on any atom is -0.508 e. The van der Waals surface area contributed by atoms with Crippen molar-refractivity contribution in [2.45, 2.75) is 43.8 Å². The lowest BCUT2D eigenvalue weighted by atomic mass is 9.81. The quantitative estimate of drug-likeness (QED) is 0.601. The molecule has 1 amide bonds. The highest BCUT2D eigenvalue weighted by molar-refractivity contribution is 7.08. The summed E-state index contributed by atoms with van der Waals surface area (Å²) >= 11 is 1.35. The number of phenolic OH excluding ortho intramolecular Hbond substituents is 1. The minimum atomic E-state index is -4.31. The molecular weight excluding hydrogens is 413 g/mol. The predicted molar refractivity (Wildman–Crippen MR) is 112 cm³/mol. The first-order chi connectivity index (χ1) is 14.1. The van der Waals surface area contributed by atoms with Crippen molar-refractivity contribution in [1.82, 2.24) is 10.2 Å². The molecule has 1 aliphatic carbocycles. The normalized spacial score (nSPS) is 17.5. The van der Waals surface area contributed by atoms with Crippen LogP contribution in [0.2, 0.25) is 0 Å². The second-order valence-corrected chi connectivity index (χ2v) is 9.04. The van der Waals surface area contributed by atoms with E-state index in [1.807, 2.05) is 31.1 Å². The van der Waals surface area contributed by atoms with Crippen LogP contribution >= 0.6 is 11.3 Å². The molecule has 1 heterocycles. The Kier molecular flexibility index (Phi) is 6.77. The van der Waals surface area contributed by atoms with Gasteiger partial charge >= 0.3 is 6.18 Å². The van der Waals surface area contributed by atoms with Crippen molar-refractivity contribution < 1.29 is 23.1 Å². The summed E-state index contributed by atoms with van der Waals surface area (Å²) in [6.07, 6.45) is -3.69. The number of carbonyl (C=O) groups excluding carboxylic acids is 1. The van der Waals surface area contributed by atoms with Crippen LogP contribution in [0.1, 0.15) is 36.3 Å². The van der Waals surface area contributed by atoms with Gasteiger partial charge in [-0.2, -0.15) is 24.5 Å². The zero-order chi connectivity index (χ0) is 21.9. The molecule has 1 saturated carbocycles. The van der Waals surface area contributed by atoms with Crippen molar-refractivity contribution in [3.63, 3.8) is 0 Å². The SMILES string of the molecule is CN(C)[C@H](CNC(=O)C[C@H](c1ccsc1)C1(C(F)(F)F)CC1)Cc1ccc(O)cc1. The molecule has 4 nitrogen and oxygen atoms in total. The van der Waals surface area contributed by atoms with E-state index < -0.39 is 17.5 Å². The van der Waals surface area contributed by atoms with E-state index in [0.29, 0.717) is 18.5 Å². The van der Waals surface area contributed by atoms with E-state index >= 15 is 0 Å². The van der Waals surface area contributed by atoms with E-state index in [0.717, 1.165) is 5.56 Å². The average molecular weight is 441 g/mol. The van der Waals surface area contributed by atoms with Crippen LogP contribution in [0.25, 0.3) is 0 Å². The smallest absolute Gasteiger partial charge is 0.395 e. The molecule has 1 fully saturated rings. The highest BCUT2D eigenvalue weighted by atomic mass is 32.1. The van der Waals surface area contributed by atoms with Gasteiger partial charge in [-0.1, -0.05) is 12.1 Å². The number of thiophene rings is 1.